The van der Waals surface area contributed by atoms with Gasteiger partial charge in [-0.25, -0.2) is 0 Å². The monoisotopic (exact) mass is 178 g/mol. The lowest BCUT2D eigenvalue weighted by atomic mass is 10.2. The number of pyridine rings is 1. The van der Waals surface area contributed by atoms with Crippen LogP contribution in [-0.4, -0.2) is 4.98 Å². The fraction of sp³-hybridized carbons (Fsp3) is 0.111. The van der Waals surface area contributed by atoms with Gasteiger partial charge < -0.3 is 0 Å². The van der Waals surface area contributed by atoms with E-state index in [1.807, 2.05) is 12.1 Å². The maximum absolute atomic E-state index is 8.27. The Morgan fingerprint density at radius 2 is 2.50 bits per heavy atom. The number of nitrogens with zero attached hydrogens (tertiary/aromatic N) is 2. The summed E-state index contributed by atoms with van der Waals surface area (Å²) in [6, 6.07) is 3.81. The Morgan fingerprint density at radius 3 is 3.17 bits per heavy atom. The molecule has 3 heteroatoms. The molecule has 0 saturated carbocycles. The van der Waals surface area contributed by atoms with Crippen LogP contribution in [0.3, 0.4) is 0 Å². The number of aromatic nitrogens is 1. The van der Waals surface area contributed by atoms with Crippen LogP contribution in [0.15, 0.2) is 24.5 Å². The first-order valence-electron chi connectivity index (χ1n) is 3.47. The first-order valence-corrected chi connectivity index (χ1v) is 3.85. The lowest BCUT2D eigenvalue weighted by Gasteiger charge is -1.93. The third kappa shape index (κ3) is 2.37. The summed E-state index contributed by atoms with van der Waals surface area (Å²) in [7, 11) is 0. The van der Waals surface area contributed by atoms with Crippen molar-refractivity contribution in [1.29, 1.82) is 5.26 Å². The van der Waals surface area contributed by atoms with E-state index >= 15 is 0 Å². The minimum atomic E-state index is 0.401. The molecule has 0 fully saturated rings. The topological polar surface area (TPSA) is 36.7 Å². The SMILES string of the molecule is N#CCC=Cc1ccncc1Cl. The summed E-state index contributed by atoms with van der Waals surface area (Å²) < 4.78 is 0. The number of hydrogen-bond acceptors (Lipinski definition) is 2. The zero-order valence-electron chi connectivity index (χ0n) is 6.37. The van der Waals surface area contributed by atoms with E-state index in [1.54, 1.807) is 24.5 Å². The van der Waals surface area contributed by atoms with E-state index in [0.29, 0.717) is 11.4 Å². The van der Waals surface area contributed by atoms with Crippen LogP contribution in [0.1, 0.15) is 12.0 Å². The Balaban J connectivity index is 2.77. The van der Waals surface area contributed by atoms with E-state index in [9.17, 15) is 0 Å². The Kier molecular flexibility index (Phi) is 3.31. The lowest BCUT2D eigenvalue weighted by Crippen LogP contribution is -1.76. The molecule has 0 radical (unpaired) electrons. The van der Waals surface area contributed by atoms with Crippen LogP contribution < -0.4 is 0 Å². The second-order valence-corrected chi connectivity index (χ2v) is 2.57. The smallest absolute Gasteiger partial charge is 0.0663 e. The van der Waals surface area contributed by atoms with Gasteiger partial charge in [-0.15, -0.1) is 0 Å². The molecule has 1 aromatic heterocycles. The average Bonchev–Trinajstić information content (AvgIpc) is 2.09. The molecule has 12 heavy (non-hydrogen) atoms. The maximum atomic E-state index is 8.27. The molecule has 0 N–H and O–H groups in total. The first kappa shape index (κ1) is 8.76. The second kappa shape index (κ2) is 4.53. The van der Waals surface area contributed by atoms with Gasteiger partial charge in [-0.1, -0.05) is 23.8 Å². The molecule has 0 spiro atoms. The van der Waals surface area contributed by atoms with Crippen LogP contribution in [0.5, 0.6) is 0 Å². The van der Waals surface area contributed by atoms with Crippen LogP contribution in [0.2, 0.25) is 5.02 Å². The molecular formula is C9H7ClN2. The predicted molar refractivity (Wildman–Crippen MR) is 48.5 cm³/mol. The molecule has 1 rings (SSSR count). The van der Waals surface area contributed by atoms with Crippen molar-refractivity contribution in [2.24, 2.45) is 0 Å². The third-order valence-electron chi connectivity index (χ3n) is 1.31. The maximum Gasteiger partial charge on any atom is 0.0663 e. The molecule has 0 amide bonds. The summed E-state index contributed by atoms with van der Waals surface area (Å²) in [6.07, 6.45) is 7.22. The van der Waals surface area contributed by atoms with Crippen molar-refractivity contribution >= 4 is 17.7 Å². The molecule has 60 valence electrons. The van der Waals surface area contributed by atoms with Crippen molar-refractivity contribution in [3.05, 3.63) is 35.1 Å². The van der Waals surface area contributed by atoms with Gasteiger partial charge in [-0.2, -0.15) is 5.26 Å². The zero-order chi connectivity index (χ0) is 8.81. The molecule has 0 aliphatic carbocycles. The molecule has 0 aromatic carbocycles. The molecule has 2 nitrogen and oxygen atoms in total. The van der Waals surface area contributed by atoms with Crippen molar-refractivity contribution in [3.63, 3.8) is 0 Å². The lowest BCUT2D eigenvalue weighted by molar-refractivity contribution is 1.32. The Morgan fingerprint density at radius 1 is 1.67 bits per heavy atom. The van der Waals surface area contributed by atoms with Gasteiger partial charge in [0.2, 0.25) is 0 Å². The molecule has 0 unspecified atom stereocenters. The normalized spacial score (nSPS) is 10.0. The number of nitriles is 1. The second-order valence-electron chi connectivity index (χ2n) is 2.16. The quantitative estimate of drug-likeness (QED) is 0.698. The Labute approximate surface area is 76.1 Å². The summed E-state index contributed by atoms with van der Waals surface area (Å²) in [6.45, 7) is 0. The van der Waals surface area contributed by atoms with Crippen molar-refractivity contribution < 1.29 is 0 Å². The van der Waals surface area contributed by atoms with Gasteiger partial charge in [0, 0.05) is 12.4 Å². The third-order valence-corrected chi connectivity index (χ3v) is 1.63. The largest absolute Gasteiger partial charge is 0.263 e. The van der Waals surface area contributed by atoms with Gasteiger partial charge in [-0.05, 0) is 11.6 Å². The van der Waals surface area contributed by atoms with Crippen molar-refractivity contribution in [2.45, 2.75) is 6.42 Å². The summed E-state index contributed by atoms with van der Waals surface area (Å²) in [4.78, 5) is 3.84. The summed E-state index contributed by atoms with van der Waals surface area (Å²) in [5, 5.41) is 8.87. The number of rotatable bonds is 2. The Bertz CT molecular complexity index is 326. The van der Waals surface area contributed by atoms with E-state index in [-0.39, 0.29) is 0 Å². The fourth-order valence-electron chi connectivity index (χ4n) is 0.760. The highest BCUT2D eigenvalue weighted by atomic mass is 35.5. The van der Waals surface area contributed by atoms with Crippen LogP contribution in [-0.2, 0) is 0 Å². The average molecular weight is 179 g/mol. The number of hydrogen-bond donors (Lipinski definition) is 0. The molecule has 1 heterocycles. The highest BCUT2D eigenvalue weighted by molar-refractivity contribution is 6.31. The minimum Gasteiger partial charge on any atom is -0.263 e. The van der Waals surface area contributed by atoms with E-state index in [2.05, 4.69) is 4.98 Å². The van der Waals surface area contributed by atoms with E-state index in [1.165, 1.54) is 0 Å². The fourth-order valence-corrected chi connectivity index (χ4v) is 0.942. The van der Waals surface area contributed by atoms with E-state index < -0.39 is 0 Å². The van der Waals surface area contributed by atoms with Gasteiger partial charge in [0.1, 0.15) is 0 Å². The molecule has 1 aromatic rings. The summed E-state index contributed by atoms with van der Waals surface area (Å²) >= 11 is 5.81. The van der Waals surface area contributed by atoms with Crippen LogP contribution >= 0.6 is 11.6 Å². The highest BCUT2D eigenvalue weighted by Gasteiger charge is 1.92. The van der Waals surface area contributed by atoms with Crippen molar-refractivity contribution in [1.82, 2.24) is 4.98 Å². The highest BCUT2D eigenvalue weighted by Crippen LogP contribution is 2.14. The number of allylic oxidation sites excluding steroid dienone is 1. The molecule has 0 atom stereocenters. The van der Waals surface area contributed by atoms with Crippen LogP contribution in [0.25, 0.3) is 6.08 Å². The van der Waals surface area contributed by atoms with Crippen LogP contribution in [0, 0.1) is 11.3 Å². The zero-order valence-corrected chi connectivity index (χ0v) is 7.12. The molecule has 0 saturated heterocycles. The van der Waals surface area contributed by atoms with Crippen LogP contribution in [0.4, 0.5) is 0 Å². The van der Waals surface area contributed by atoms with Gasteiger partial charge in [0.15, 0.2) is 0 Å². The Hall–Kier alpha value is -1.33. The minimum absolute atomic E-state index is 0.401. The van der Waals surface area contributed by atoms with Gasteiger partial charge >= 0.3 is 0 Å². The standard InChI is InChI=1S/C9H7ClN2/c10-9-7-12-6-4-8(9)3-1-2-5-11/h1,3-4,6-7H,2H2. The van der Waals surface area contributed by atoms with E-state index in [0.717, 1.165) is 5.56 Å². The predicted octanol–water partition coefficient (Wildman–Crippen LogP) is 2.66. The van der Waals surface area contributed by atoms with Gasteiger partial charge in [0.25, 0.3) is 0 Å². The van der Waals surface area contributed by atoms with Gasteiger partial charge in [-0.3, -0.25) is 4.98 Å². The molecule has 0 bridgehead atoms. The number of halogens is 1. The molecular weight excluding hydrogens is 172 g/mol. The van der Waals surface area contributed by atoms with Gasteiger partial charge in [0.05, 0.1) is 17.5 Å². The molecule has 0 aliphatic heterocycles. The summed E-state index contributed by atoms with van der Waals surface area (Å²) in [5.74, 6) is 0. The first-order chi connectivity index (χ1) is 5.84. The van der Waals surface area contributed by atoms with Crippen molar-refractivity contribution in [3.8, 4) is 6.07 Å². The molecule has 0 aliphatic rings. The van der Waals surface area contributed by atoms with Crippen molar-refractivity contribution in [2.75, 3.05) is 0 Å². The summed E-state index contributed by atoms with van der Waals surface area (Å²) in [5.41, 5.74) is 0.891. The van der Waals surface area contributed by atoms with E-state index in [4.69, 9.17) is 16.9 Å².